The van der Waals surface area contributed by atoms with Crippen molar-refractivity contribution in [3.8, 4) is 0 Å². The molecule has 1 aromatic rings. The van der Waals surface area contributed by atoms with Crippen LogP contribution >= 0.6 is 0 Å². The average molecular weight is 239 g/mol. The third kappa shape index (κ3) is 3.85. The van der Waals surface area contributed by atoms with Gasteiger partial charge in [0.15, 0.2) is 0 Å². The van der Waals surface area contributed by atoms with Crippen LogP contribution in [0.5, 0.6) is 0 Å². The minimum Gasteiger partial charge on any atom is -0.351 e. The van der Waals surface area contributed by atoms with Gasteiger partial charge in [-0.25, -0.2) is 0 Å². The topological polar surface area (TPSA) is 67.2 Å². The van der Waals surface area contributed by atoms with Gasteiger partial charge in [-0.15, -0.1) is 0 Å². The molecular weight excluding hydrogens is 218 g/mol. The van der Waals surface area contributed by atoms with Crippen molar-refractivity contribution >= 4 is 5.91 Å². The van der Waals surface area contributed by atoms with E-state index in [2.05, 4.69) is 29.6 Å². The molecule has 0 aliphatic carbocycles. The molecule has 1 heterocycles. The number of hydrogen-bond donors (Lipinski definition) is 2. The van der Waals surface area contributed by atoms with Gasteiger partial charge in [0.25, 0.3) is 5.91 Å². The molecule has 5 nitrogen and oxygen atoms in total. The molecular formula is C12H21N3O2. The Morgan fingerprint density at radius 1 is 1.53 bits per heavy atom. The Hall–Kier alpha value is -1.36. The molecule has 0 aliphatic rings. The second-order valence-electron chi connectivity index (χ2n) is 4.33. The van der Waals surface area contributed by atoms with Crippen LogP contribution in [0, 0.1) is 0 Å². The van der Waals surface area contributed by atoms with Gasteiger partial charge in [-0.05, 0) is 20.4 Å². The van der Waals surface area contributed by atoms with Gasteiger partial charge in [0.2, 0.25) is 5.76 Å². The SMILES string of the molecule is CCC(C)c1cc(C(=O)NCC(C)NC)on1. The highest BCUT2D eigenvalue weighted by Gasteiger charge is 2.15. The zero-order valence-corrected chi connectivity index (χ0v) is 10.9. The van der Waals surface area contributed by atoms with Crippen LogP contribution in [0.4, 0.5) is 0 Å². The highest BCUT2D eigenvalue weighted by Crippen LogP contribution is 2.17. The van der Waals surface area contributed by atoms with E-state index in [1.165, 1.54) is 0 Å². The van der Waals surface area contributed by atoms with Crippen molar-refractivity contribution in [1.29, 1.82) is 0 Å². The number of rotatable bonds is 6. The fourth-order valence-corrected chi connectivity index (χ4v) is 1.27. The van der Waals surface area contributed by atoms with Crippen molar-refractivity contribution < 1.29 is 9.32 Å². The second-order valence-corrected chi connectivity index (χ2v) is 4.33. The third-order valence-electron chi connectivity index (χ3n) is 2.93. The van der Waals surface area contributed by atoms with Gasteiger partial charge in [0, 0.05) is 24.6 Å². The first-order valence-electron chi connectivity index (χ1n) is 6.00. The number of nitrogens with one attached hydrogen (secondary N) is 2. The largest absolute Gasteiger partial charge is 0.351 e. The van der Waals surface area contributed by atoms with Gasteiger partial charge in [0.1, 0.15) is 0 Å². The predicted molar refractivity (Wildman–Crippen MR) is 66.1 cm³/mol. The van der Waals surface area contributed by atoms with Gasteiger partial charge < -0.3 is 15.2 Å². The highest BCUT2D eigenvalue weighted by atomic mass is 16.5. The van der Waals surface area contributed by atoms with Gasteiger partial charge >= 0.3 is 0 Å². The Morgan fingerprint density at radius 3 is 2.82 bits per heavy atom. The summed E-state index contributed by atoms with van der Waals surface area (Å²) in [6, 6.07) is 1.95. The summed E-state index contributed by atoms with van der Waals surface area (Å²) >= 11 is 0. The number of carbonyl (C=O) groups is 1. The lowest BCUT2D eigenvalue weighted by Crippen LogP contribution is -2.37. The van der Waals surface area contributed by atoms with E-state index in [1.54, 1.807) is 6.07 Å². The monoisotopic (exact) mass is 239 g/mol. The smallest absolute Gasteiger partial charge is 0.289 e. The molecule has 2 unspecified atom stereocenters. The lowest BCUT2D eigenvalue weighted by Gasteiger charge is -2.09. The quantitative estimate of drug-likeness (QED) is 0.790. The molecule has 0 saturated carbocycles. The summed E-state index contributed by atoms with van der Waals surface area (Å²) in [5, 5.41) is 9.73. The molecule has 0 spiro atoms. The van der Waals surface area contributed by atoms with E-state index >= 15 is 0 Å². The van der Waals surface area contributed by atoms with Crippen molar-refractivity contribution in [2.75, 3.05) is 13.6 Å². The maximum Gasteiger partial charge on any atom is 0.289 e. The Kier molecular flexibility index (Phi) is 5.15. The molecule has 0 aliphatic heterocycles. The summed E-state index contributed by atoms with van der Waals surface area (Å²) in [5.74, 6) is 0.384. The minimum absolute atomic E-state index is 0.214. The summed E-state index contributed by atoms with van der Waals surface area (Å²) in [6.07, 6.45) is 0.977. The fraction of sp³-hybridized carbons (Fsp3) is 0.667. The molecule has 2 N–H and O–H groups in total. The first-order chi connectivity index (χ1) is 8.08. The van der Waals surface area contributed by atoms with E-state index < -0.39 is 0 Å². The molecule has 0 aromatic carbocycles. The predicted octanol–water partition coefficient (Wildman–Crippen LogP) is 1.53. The lowest BCUT2D eigenvalue weighted by molar-refractivity contribution is 0.0913. The number of amides is 1. The average Bonchev–Trinajstić information content (AvgIpc) is 2.83. The van der Waals surface area contributed by atoms with Gasteiger partial charge in [-0.2, -0.15) is 0 Å². The molecule has 5 heteroatoms. The van der Waals surface area contributed by atoms with Crippen molar-refractivity contribution in [2.45, 2.75) is 39.2 Å². The Balaban J connectivity index is 2.55. The van der Waals surface area contributed by atoms with E-state index in [0.29, 0.717) is 12.5 Å². The Bertz CT molecular complexity index is 362. The highest BCUT2D eigenvalue weighted by molar-refractivity contribution is 5.91. The van der Waals surface area contributed by atoms with Crippen molar-refractivity contribution in [2.24, 2.45) is 0 Å². The second kappa shape index (κ2) is 6.39. The van der Waals surface area contributed by atoms with Gasteiger partial charge in [0.05, 0.1) is 5.69 Å². The molecule has 17 heavy (non-hydrogen) atoms. The normalized spacial score (nSPS) is 14.4. The van der Waals surface area contributed by atoms with Crippen LogP contribution in [0.1, 0.15) is 49.4 Å². The Labute approximate surface area is 102 Å². The number of hydrogen-bond acceptors (Lipinski definition) is 4. The minimum atomic E-state index is -0.214. The van der Waals surface area contributed by atoms with Crippen LogP contribution in [-0.2, 0) is 0 Å². The number of likely N-dealkylation sites (N-methyl/N-ethyl adjacent to an activating group) is 1. The summed E-state index contributed by atoms with van der Waals surface area (Å²) in [6.45, 7) is 6.69. The van der Waals surface area contributed by atoms with Crippen LogP contribution in [0.2, 0.25) is 0 Å². The fourth-order valence-electron chi connectivity index (χ4n) is 1.27. The third-order valence-corrected chi connectivity index (χ3v) is 2.93. The van der Waals surface area contributed by atoms with Crippen molar-refractivity contribution in [3.05, 3.63) is 17.5 Å². The van der Waals surface area contributed by atoms with Gasteiger partial charge in [-0.1, -0.05) is 19.0 Å². The molecule has 0 bridgehead atoms. The number of aromatic nitrogens is 1. The van der Waals surface area contributed by atoms with E-state index in [1.807, 2.05) is 14.0 Å². The zero-order valence-electron chi connectivity index (χ0n) is 10.9. The molecule has 1 aromatic heterocycles. The molecule has 2 atom stereocenters. The number of nitrogens with zero attached hydrogens (tertiary/aromatic N) is 1. The van der Waals surface area contributed by atoms with Gasteiger partial charge in [-0.3, -0.25) is 4.79 Å². The first kappa shape index (κ1) is 13.7. The zero-order chi connectivity index (χ0) is 12.8. The maximum absolute atomic E-state index is 11.7. The molecule has 0 radical (unpaired) electrons. The van der Waals surface area contributed by atoms with Crippen LogP contribution in [0.15, 0.2) is 10.6 Å². The van der Waals surface area contributed by atoms with E-state index in [9.17, 15) is 4.79 Å². The molecule has 0 fully saturated rings. The van der Waals surface area contributed by atoms with Crippen LogP contribution in [0.3, 0.4) is 0 Å². The molecule has 0 saturated heterocycles. The molecule has 1 rings (SSSR count). The first-order valence-corrected chi connectivity index (χ1v) is 6.00. The van der Waals surface area contributed by atoms with E-state index in [4.69, 9.17) is 4.52 Å². The van der Waals surface area contributed by atoms with Crippen molar-refractivity contribution in [1.82, 2.24) is 15.8 Å². The Morgan fingerprint density at radius 2 is 2.24 bits per heavy atom. The summed E-state index contributed by atoms with van der Waals surface area (Å²) in [5.41, 5.74) is 0.833. The summed E-state index contributed by atoms with van der Waals surface area (Å²) < 4.78 is 5.03. The van der Waals surface area contributed by atoms with Crippen LogP contribution in [-0.4, -0.2) is 30.7 Å². The standard InChI is InChI=1S/C12H21N3O2/c1-5-8(2)10-6-11(17-15-10)12(16)14-7-9(3)13-4/h6,8-9,13H,5,7H2,1-4H3,(H,14,16). The van der Waals surface area contributed by atoms with Crippen LogP contribution < -0.4 is 10.6 Å². The molecule has 1 amide bonds. The summed E-state index contributed by atoms with van der Waals surface area (Å²) in [4.78, 5) is 11.7. The summed E-state index contributed by atoms with van der Waals surface area (Å²) in [7, 11) is 1.85. The number of carbonyl (C=O) groups excluding carboxylic acids is 1. The molecule has 96 valence electrons. The maximum atomic E-state index is 11.7. The van der Waals surface area contributed by atoms with E-state index in [0.717, 1.165) is 12.1 Å². The van der Waals surface area contributed by atoms with Crippen LogP contribution in [0.25, 0.3) is 0 Å². The van der Waals surface area contributed by atoms with E-state index in [-0.39, 0.29) is 17.7 Å². The lowest BCUT2D eigenvalue weighted by atomic mass is 10.1. The van der Waals surface area contributed by atoms with Crippen molar-refractivity contribution in [3.63, 3.8) is 0 Å².